The number of carbonyl (C=O) groups excluding carboxylic acids is 2. The predicted octanol–water partition coefficient (Wildman–Crippen LogP) is 2.97. The van der Waals surface area contributed by atoms with Crippen LogP contribution in [0.4, 0.5) is 10.5 Å². The fraction of sp³-hybridized carbons (Fsp3) is 0.0909. The first-order valence-electron chi connectivity index (χ1n) is 9.40. The smallest absolute Gasteiger partial charge is 0.412 e. The maximum Gasteiger partial charge on any atom is 0.412 e. The van der Waals surface area contributed by atoms with Gasteiger partial charge in [-0.1, -0.05) is 30.3 Å². The number of aromatic nitrogens is 2. The minimum Gasteiger partial charge on any atom is -0.467 e. The number of rotatable bonds is 6. The second-order valence-electron chi connectivity index (χ2n) is 6.54. The van der Waals surface area contributed by atoms with Crippen molar-refractivity contribution in [1.82, 2.24) is 14.7 Å². The third-order valence-corrected chi connectivity index (χ3v) is 4.43. The van der Waals surface area contributed by atoms with Gasteiger partial charge in [-0.15, -0.1) is 0 Å². The van der Waals surface area contributed by atoms with Crippen LogP contribution in [0.15, 0.2) is 82.5 Å². The van der Waals surface area contributed by atoms with E-state index >= 15 is 0 Å². The molecule has 9 nitrogen and oxygen atoms in total. The van der Waals surface area contributed by atoms with Crippen molar-refractivity contribution in [3.63, 3.8) is 0 Å². The number of fused-ring (bicyclic) bond motifs is 1. The molecule has 0 radical (unpaired) electrons. The van der Waals surface area contributed by atoms with E-state index < -0.39 is 17.6 Å². The van der Waals surface area contributed by atoms with Gasteiger partial charge in [0.2, 0.25) is 0 Å². The number of ether oxygens (including phenoxy) is 1. The Kier molecular flexibility index (Phi) is 5.75. The highest BCUT2D eigenvalue weighted by atomic mass is 16.5. The molecule has 0 aliphatic heterocycles. The van der Waals surface area contributed by atoms with Crippen molar-refractivity contribution >= 4 is 23.3 Å². The number of furan rings is 1. The molecule has 3 aromatic heterocycles. The van der Waals surface area contributed by atoms with Crippen LogP contribution in [-0.4, -0.2) is 21.4 Å². The number of hydrogen-bond acceptors (Lipinski definition) is 6. The van der Waals surface area contributed by atoms with Gasteiger partial charge in [-0.05, 0) is 29.8 Å². The Morgan fingerprint density at radius 2 is 1.90 bits per heavy atom. The normalized spacial score (nSPS) is 10.6. The largest absolute Gasteiger partial charge is 0.467 e. The number of pyridine rings is 1. The van der Waals surface area contributed by atoms with Gasteiger partial charge in [-0.2, -0.15) is 0 Å². The Morgan fingerprint density at radius 3 is 2.68 bits per heavy atom. The molecule has 0 spiro atoms. The predicted molar refractivity (Wildman–Crippen MR) is 112 cm³/mol. The molecular formula is C22H18N4O5. The van der Waals surface area contributed by atoms with E-state index in [1.54, 1.807) is 24.3 Å². The van der Waals surface area contributed by atoms with Crippen LogP contribution in [0.1, 0.15) is 21.7 Å². The Hall–Kier alpha value is -4.40. The summed E-state index contributed by atoms with van der Waals surface area (Å²) >= 11 is 0. The second kappa shape index (κ2) is 8.95. The molecule has 0 saturated heterocycles. The lowest BCUT2D eigenvalue weighted by Crippen LogP contribution is -2.27. The molecule has 0 aliphatic carbocycles. The van der Waals surface area contributed by atoms with E-state index in [9.17, 15) is 14.4 Å². The molecule has 0 aliphatic rings. The minimum atomic E-state index is -0.782. The van der Waals surface area contributed by atoms with Gasteiger partial charge >= 0.3 is 6.09 Å². The summed E-state index contributed by atoms with van der Waals surface area (Å²) in [5.41, 5.74) is 0.583. The van der Waals surface area contributed by atoms with Crippen LogP contribution in [0.25, 0.3) is 5.65 Å². The molecule has 0 atom stereocenters. The maximum atomic E-state index is 12.8. The third kappa shape index (κ3) is 4.61. The van der Waals surface area contributed by atoms with E-state index in [1.807, 2.05) is 30.3 Å². The summed E-state index contributed by atoms with van der Waals surface area (Å²) in [7, 11) is 0. The van der Waals surface area contributed by atoms with E-state index in [-0.39, 0.29) is 30.0 Å². The zero-order valence-electron chi connectivity index (χ0n) is 16.3. The number of anilines is 1. The summed E-state index contributed by atoms with van der Waals surface area (Å²) in [6.45, 7) is 0.263. The fourth-order valence-electron chi connectivity index (χ4n) is 2.91. The molecule has 156 valence electrons. The SMILES string of the molecule is O=C(Nc1cnc2c(C(=O)NCc3ccco3)cccn2c1=O)OCc1ccccc1. The third-order valence-electron chi connectivity index (χ3n) is 4.43. The van der Waals surface area contributed by atoms with Crippen molar-refractivity contribution in [3.05, 3.63) is 100 Å². The van der Waals surface area contributed by atoms with Gasteiger partial charge in [-0.25, -0.2) is 9.78 Å². The minimum absolute atomic E-state index is 0.0645. The van der Waals surface area contributed by atoms with E-state index in [1.165, 1.54) is 23.1 Å². The zero-order chi connectivity index (χ0) is 21.6. The molecule has 2 amide bonds. The van der Waals surface area contributed by atoms with Gasteiger partial charge in [0.1, 0.15) is 18.1 Å². The Morgan fingerprint density at radius 1 is 1.06 bits per heavy atom. The van der Waals surface area contributed by atoms with Gasteiger partial charge in [0.15, 0.2) is 5.65 Å². The number of benzene rings is 1. The van der Waals surface area contributed by atoms with Crippen LogP contribution in [0.3, 0.4) is 0 Å². The van der Waals surface area contributed by atoms with Crippen LogP contribution in [0.2, 0.25) is 0 Å². The molecule has 0 bridgehead atoms. The summed E-state index contributed by atoms with van der Waals surface area (Å²) in [6, 6.07) is 15.7. The molecule has 4 aromatic rings. The Labute approximate surface area is 176 Å². The fourth-order valence-corrected chi connectivity index (χ4v) is 2.91. The number of nitrogens with zero attached hydrogens (tertiary/aromatic N) is 2. The molecule has 31 heavy (non-hydrogen) atoms. The monoisotopic (exact) mass is 418 g/mol. The average Bonchev–Trinajstić information content (AvgIpc) is 3.32. The van der Waals surface area contributed by atoms with Crippen molar-refractivity contribution in [2.24, 2.45) is 0 Å². The van der Waals surface area contributed by atoms with Gasteiger partial charge in [-0.3, -0.25) is 19.3 Å². The lowest BCUT2D eigenvalue weighted by molar-refractivity contribution is 0.0949. The molecule has 1 aromatic carbocycles. The summed E-state index contributed by atoms with van der Waals surface area (Å²) in [6.07, 6.45) is 3.40. The van der Waals surface area contributed by atoms with Gasteiger partial charge in [0, 0.05) is 6.20 Å². The molecule has 9 heteroatoms. The number of nitrogens with one attached hydrogen (secondary N) is 2. The highest BCUT2D eigenvalue weighted by molar-refractivity contribution is 5.99. The highest BCUT2D eigenvalue weighted by Gasteiger charge is 2.15. The molecule has 2 N–H and O–H groups in total. The number of hydrogen-bond donors (Lipinski definition) is 2. The second-order valence-corrected chi connectivity index (χ2v) is 6.54. The van der Waals surface area contributed by atoms with Crippen LogP contribution >= 0.6 is 0 Å². The van der Waals surface area contributed by atoms with Crippen molar-refractivity contribution in [2.45, 2.75) is 13.2 Å². The summed E-state index contributed by atoms with van der Waals surface area (Å²) in [4.78, 5) is 41.6. The quantitative estimate of drug-likeness (QED) is 0.498. The first-order chi connectivity index (χ1) is 15.1. The summed E-state index contributed by atoms with van der Waals surface area (Å²) in [5.74, 6) is 0.184. The van der Waals surface area contributed by atoms with E-state index in [4.69, 9.17) is 9.15 Å². The van der Waals surface area contributed by atoms with Gasteiger partial charge in [0.05, 0.1) is 24.6 Å². The standard InChI is InChI=1S/C22H18N4O5/c27-20(24-12-16-8-5-11-30-16)17-9-4-10-26-19(17)23-13-18(21(26)28)25-22(29)31-14-15-6-2-1-3-7-15/h1-11,13H,12,14H2,(H,24,27)(H,25,29). The van der Waals surface area contributed by atoms with Crippen molar-refractivity contribution in [3.8, 4) is 0 Å². The Balaban J connectivity index is 1.49. The molecular weight excluding hydrogens is 400 g/mol. The lowest BCUT2D eigenvalue weighted by Gasteiger charge is -2.10. The molecule has 0 saturated carbocycles. The summed E-state index contributed by atoms with van der Waals surface area (Å²) < 4.78 is 11.5. The van der Waals surface area contributed by atoms with Crippen LogP contribution in [-0.2, 0) is 17.9 Å². The Bertz CT molecular complexity index is 1270. The molecule has 3 heterocycles. The van der Waals surface area contributed by atoms with Gasteiger partial charge < -0.3 is 14.5 Å². The van der Waals surface area contributed by atoms with E-state index in [0.717, 1.165) is 5.56 Å². The highest BCUT2D eigenvalue weighted by Crippen LogP contribution is 2.10. The first-order valence-corrected chi connectivity index (χ1v) is 9.40. The van der Waals surface area contributed by atoms with E-state index in [2.05, 4.69) is 15.6 Å². The zero-order valence-corrected chi connectivity index (χ0v) is 16.3. The molecule has 4 rings (SSSR count). The van der Waals surface area contributed by atoms with Crippen LogP contribution in [0.5, 0.6) is 0 Å². The molecule has 0 unspecified atom stereocenters. The lowest BCUT2D eigenvalue weighted by atomic mass is 10.2. The first kappa shape index (κ1) is 19.9. The topological polar surface area (TPSA) is 115 Å². The summed E-state index contributed by atoms with van der Waals surface area (Å²) in [5, 5.41) is 5.11. The average molecular weight is 418 g/mol. The van der Waals surface area contributed by atoms with Crippen molar-refractivity contribution in [1.29, 1.82) is 0 Å². The number of amides is 2. The van der Waals surface area contributed by atoms with Crippen molar-refractivity contribution in [2.75, 3.05) is 5.32 Å². The van der Waals surface area contributed by atoms with Crippen molar-refractivity contribution < 1.29 is 18.7 Å². The number of carbonyl (C=O) groups is 2. The van der Waals surface area contributed by atoms with E-state index in [0.29, 0.717) is 5.76 Å². The van der Waals surface area contributed by atoms with Gasteiger partial charge in [0.25, 0.3) is 11.5 Å². The van der Waals surface area contributed by atoms with Crippen LogP contribution in [0, 0.1) is 0 Å². The van der Waals surface area contributed by atoms with Crippen LogP contribution < -0.4 is 16.2 Å². The molecule has 0 fully saturated rings. The maximum absolute atomic E-state index is 12.8.